The van der Waals surface area contributed by atoms with Crippen LogP contribution in [0.3, 0.4) is 0 Å². The molecule has 0 fully saturated rings. The minimum atomic E-state index is 0.575. The highest BCUT2D eigenvalue weighted by Crippen LogP contribution is 2.41. The number of thiophene rings is 1. The Balaban J connectivity index is 2.50. The summed E-state index contributed by atoms with van der Waals surface area (Å²) in [6.45, 7) is 8.46. The average molecular weight is 217 g/mol. The van der Waals surface area contributed by atoms with Gasteiger partial charge in [-0.3, -0.25) is 0 Å². The fourth-order valence-electron chi connectivity index (χ4n) is 1.45. The van der Waals surface area contributed by atoms with Crippen molar-refractivity contribution in [2.45, 2.75) is 0 Å². The zero-order valence-corrected chi connectivity index (χ0v) is 8.97. The van der Waals surface area contributed by atoms with Crippen molar-refractivity contribution < 1.29 is 0 Å². The lowest BCUT2D eigenvalue weighted by atomic mass is 10.2. The molecule has 0 bridgehead atoms. The smallest absolute Gasteiger partial charge is 0.228 e. The highest BCUT2D eigenvalue weighted by Gasteiger charge is 2.10. The summed E-state index contributed by atoms with van der Waals surface area (Å²) in [4.78, 5) is 3.57. The van der Waals surface area contributed by atoms with Gasteiger partial charge in [0.25, 0.3) is 0 Å². The second kappa shape index (κ2) is 4.30. The molecule has 4 heteroatoms. The first-order chi connectivity index (χ1) is 7.36. The van der Waals surface area contributed by atoms with Gasteiger partial charge in [0.1, 0.15) is 0 Å². The number of hydrogen-bond donors (Lipinski definition) is 2. The summed E-state index contributed by atoms with van der Waals surface area (Å²) in [5.41, 5.74) is 6.14. The number of nitrogens with zero attached hydrogens (tertiary/aromatic N) is 1. The molecule has 76 valence electrons. The largest absolute Gasteiger partial charge is 0.384 e. The number of rotatable bonds is 3. The summed E-state index contributed by atoms with van der Waals surface area (Å²) in [5, 5.41) is 5.14. The van der Waals surface area contributed by atoms with E-state index >= 15 is 0 Å². The van der Waals surface area contributed by atoms with E-state index in [1.165, 1.54) is 0 Å². The highest BCUT2D eigenvalue weighted by molar-refractivity contribution is 7.23. The van der Waals surface area contributed by atoms with Gasteiger partial charge in [0.2, 0.25) is 5.69 Å². The van der Waals surface area contributed by atoms with E-state index in [0.717, 1.165) is 15.1 Å². The highest BCUT2D eigenvalue weighted by atomic mass is 32.1. The SMILES string of the molecule is [C-]#[N+]c1c(NCCN)sc2ccccc12. The Bertz CT molecular complexity index is 510. The van der Waals surface area contributed by atoms with Crippen LogP contribution in [-0.4, -0.2) is 13.1 Å². The van der Waals surface area contributed by atoms with Gasteiger partial charge in [0.05, 0.1) is 11.6 Å². The Hall–Kier alpha value is -1.57. The molecule has 0 saturated carbocycles. The van der Waals surface area contributed by atoms with E-state index in [2.05, 4.69) is 10.2 Å². The van der Waals surface area contributed by atoms with Gasteiger partial charge in [-0.1, -0.05) is 18.2 Å². The van der Waals surface area contributed by atoms with Crippen LogP contribution in [0.5, 0.6) is 0 Å². The lowest BCUT2D eigenvalue weighted by molar-refractivity contribution is 1.03. The predicted molar refractivity (Wildman–Crippen MR) is 65.6 cm³/mol. The van der Waals surface area contributed by atoms with Crippen LogP contribution in [0.1, 0.15) is 0 Å². The zero-order valence-electron chi connectivity index (χ0n) is 8.16. The van der Waals surface area contributed by atoms with Crippen LogP contribution in [-0.2, 0) is 0 Å². The lowest BCUT2D eigenvalue weighted by Gasteiger charge is -2.00. The number of nitrogens with two attached hydrogens (primary N) is 1. The van der Waals surface area contributed by atoms with Crippen LogP contribution >= 0.6 is 11.3 Å². The maximum Gasteiger partial charge on any atom is 0.228 e. The average Bonchev–Trinajstić information content (AvgIpc) is 2.63. The summed E-state index contributed by atoms with van der Waals surface area (Å²) in [6, 6.07) is 7.95. The first-order valence-corrected chi connectivity index (χ1v) is 5.51. The molecule has 0 aliphatic heterocycles. The number of nitrogens with one attached hydrogen (secondary N) is 1. The Morgan fingerprint density at radius 2 is 2.20 bits per heavy atom. The maximum atomic E-state index is 7.18. The normalized spacial score (nSPS) is 10.1. The van der Waals surface area contributed by atoms with Gasteiger partial charge < -0.3 is 11.1 Å². The molecule has 0 radical (unpaired) electrons. The van der Waals surface area contributed by atoms with Crippen LogP contribution in [0.4, 0.5) is 10.7 Å². The fraction of sp³-hybridized carbons (Fsp3) is 0.182. The van der Waals surface area contributed by atoms with E-state index in [1.807, 2.05) is 24.3 Å². The van der Waals surface area contributed by atoms with Gasteiger partial charge in [-0.2, -0.15) is 0 Å². The summed E-state index contributed by atoms with van der Waals surface area (Å²) in [5.74, 6) is 0. The van der Waals surface area contributed by atoms with Gasteiger partial charge in [-0.25, -0.2) is 4.85 Å². The van der Waals surface area contributed by atoms with Crippen molar-refractivity contribution in [1.29, 1.82) is 0 Å². The topological polar surface area (TPSA) is 42.4 Å². The Morgan fingerprint density at radius 1 is 1.40 bits per heavy atom. The molecule has 1 aromatic heterocycles. The van der Waals surface area contributed by atoms with E-state index in [4.69, 9.17) is 12.3 Å². The first-order valence-electron chi connectivity index (χ1n) is 4.69. The fourth-order valence-corrected chi connectivity index (χ4v) is 2.52. The second-order valence-corrected chi connectivity index (χ2v) is 4.16. The first kappa shape index (κ1) is 9.97. The molecule has 15 heavy (non-hydrogen) atoms. The van der Waals surface area contributed by atoms with Crippen molar-refractivity contribution in [2.24, 2.45) is 5.73 Å². The number of fused-ring (bicyclic) bond motifs is 1. The zero-order chi connectivity index (χ0) is 10.7. The Labute approximate surface area is 92.3 Å². The van der Waals surface area contributed by atoms with Gasteiger partial charge in [0.15, 0.2) is 0 Å². The molecule has 0 aliphatic carbocycles. The molecule has 2 aromatic rings. The molecule has 0 unspecified atom stereocenters. The van der Waals surface area contributed by atoms with Crippen LogP contribution < -0.4 is 11.1 Å². The van der Waals surface area contributed by atoms with Crippen LogP contribution in [0, 0.1) is 6.57 Å². The molecule has 0 aliphatic rings. The third-order valence-corrected chi connectivity index (χ3v) is 3.23. The van der Waals surface area contributed by atoms with Gasteiger partial charge in [0, 0.05) is 23.2 Å². The van der Waals surface area contributed by atoms with E-state index in [1.54, 1.807) is 11.3 Å². The number of anilines is 1. The minimum Gasteiger partial charge on any atom is -0.384 e. The van der Waals surface area contributed by atoms with Crippen LogP contribution in [0.25, 0.3) is 14.9 Å². The van der Waals surface area contributed by atoms with Crippen LogP contribution in [0.15, 0.2) is 24.3 Å². The van der Waals surface area contributed by atoms with Crippen molar-refractivity contribution >= 4 is 32.1 Å². The molecule has 0 amide bonds. The van der Waals surface area contributed by atoms with Crippen LogP contribution in [0.2, 0.25) is 0 Å². The van der Waals surface area contributed by atoms with E-state index < -0.39 is 0 Å². The molecule has 2 rings (SSSR count). The summed E-state index contributed by atoms with van der Waals surface area (Å²) < 4.78 is 1.14. The van der Waals surface area contributed by atoms with E-state index in [9.17, 15) is 0 Å². The number of benzene rings is 1. The number of hydrogen-bond acceptors (Lipinski definition) is 3. The molecular formula is C11H11N3S. The quantitative estimate of drug-likeness (QED) is 0.776. The van der Waals surface area contributed by atoms with Crippen molar-refractivity contribution in [3.05, 3.63) is 35.7 Å². The minimum absolute atomic E-state index is 0.575. The Morgan fingerprint density at radius 3 is 2.93 bits per heavy atom. The predicted octanol–water partition coefficient (Wildman–Crippen LogP) is 2.82. The summed E-state index contributed by atoms with van der Waals surface area (Å²) in [6.07, 6.45) is 0. The van der Waals surface area contributed by atoms with E-state index in [0.29, 0.717) is 18.8 Å². The third kappa shape index (κ3) is 1.80. The lowest BCUT2D eigenvalue weighted by Crippen LogP contribution is -2.12. The van der Waals surface area contributed by atoms with Crippen molar-refractivity contribution in [3.63, 3.8) is 0 Å². The standard InChI is InChI=1S/C11H11N3S/c1-13-10-8-4-2-3-5-9(8)15-11(10)14-7-6-12/h2-5,14H,6-7,12H2. The molecule has 3 nitrogen and oxygen atoms in total. The molecule has 3 N–H and O–H groups in total. The molecule has 0 saturated heterocycles. The third-order valence-electron chi connectivity index (χ3n) is 2.11. The molecule has 1 aromatic carbocycles. The van der Waals surface area contributed by atoms with Gasteiger partial charge in [-0.05, 0) is 6.07 Å². The maximum absolute atomic E-state index is 7.18. The van der Waals surface area contributed by atoms with Crippen molar-refractivity contribution in [3.8, 4) is 0 Å². The van der Waals surface area contributed by atoms with Gasteiger partial charge >= 0.3 is 0 Å². The van der Waals surface area contributed by atoms with E-state index in [-0.39, 0.29) is 0 Å². The van der Waals surface area contributed by atoms with Gasteiger partial charge in [-0.15, -0.1) is 11.3 Å². The molecular weight excluding hydrogens is 206 g/mol. The molecule has 1 heterocycles. The summed E-state index contributed by atoms with van der Waals surface area (Å²) >= 11 is 1.61. The molecule has 0 spiro atoms. The summed E-state index contributed by atoms with van der Waals surface area (Å²) in [7, 11) is 0. The second-order valence-electron chi connectivity index (χ2n) is 3.10. The van der Waals surface area contributed by atoms with Crippen molar-refractivity contribution in [2.75, 3.05) is 18.4 Å². The molecule has 0 atom stereocenters. The monoisotopic (exact) mass is 217 g/mol. The Kier molecular flexibility index (Phi) is 2.86. The van der Waals surface area contributed by atoms with Crippen molar-refractivity contribution in [1.82, 2.24) is 0 Å².